The van der Waals surface area contributed by atoms with Gasteiger partial charge in [-0.05, 0) is 42.9 Å². The van der Waals surface area contributed by atoms with Crippen LogP contribution in [0.25, 0.3) is 0 Å². The Labute approximate surface area is 201 Å². The van der Waals surface area contributed by atoms with Crippen LogP contribution in [0.15, 0.2) is 54.6 Å². The Morgan fingerprint density at radius 2 is 2.03 bits per heavy atom. The second-order valence-electron chi connectivity index (χ2n) is 8.41. The van der Waals surface area contributed by atoms with E-state index in [1.807, 2.05) is 25.1 Å². The molecule has 1 amide bonds. The van der Waals surface area contributed by atoms with Crippen LogP contribution in [-0.2, 0) is 11.2 Å². The molecule has 1 aliphatic rings. The number of alkyl halides is 2. The second-order valence-corrected chi connectivity index (χ2v) is 9.49. The second kappa shape index (κ2) is 11.4. The molecule has 1 saturated heterocycles. The predicted octanol–water partition coefficient (Wildman–Crippen LogP) is 4.61. The Morgan fingerprint density at radius 1 is 1.29 bits per heavy atom. The van der Waals surface area contributed by atoms with Crippen molar-refractivity contribution in [1.29, 1.82) is 0 Å². The minimum absolute atomic E-state index is 0.0620. The molecule has 180 valence electrons. The monoisotopic (exact) mass is 487 g/mol. The topological polar surface area (TPSA) is 77.8 Å². The summed E-state index contributed by atoms with van der Waals surface area (Å²) in [5.74, 6) is -0.484. The van der Waals surface area contributed by atoms with E-state index in [1.165, 1.54) is 29.8 Å². The van der Waals surface area contributed by atoms with Crippen LogP contribution in [0, 0.1) is 17.8 Å². The summed E-state index contributed by atoms with van der Waals surface area (Å²) in [6, 6.07) is 12.1. The smallest absolute Gasteiger partial charge is 0.345 e. The van der Waals surface area contributed by atoms with Gasteiger partial charge >= 0.3 is 11.9 Å². The summed E-state index contributed by atoms with van der Waals surface area (Å²) in [6.45, 7) is 1.69. The highest BCUT2D eigenvalue weighted by atomic mass is 32.1. The summed E-state index contributed by atoms with van der Waals surface area (Å²) in [7, 11) is 0. The normalized spacial score (nSPS) is 19.1. The van der Waals surface area contributed by atoms with Crippen molar-refractivity contribution in [3.8, 4) is 11.8 Å². The molecule has 0 radical (unpaired) electrons. The number of nitrogens with zero attached hydrogens (tertiary/aromatic N) is 1. The Kier molecular flexibility index (Phi) is 8.59. The number of carboxylic acid groups (broad SMARTS) is 1. The van der Waals surface area contributed by atoms with Gasteiger partial charge in [0.1, 0.15) is 4.88 Å². The van der Waals surface area contributed by atoms with Crippen molar-refractivity contribution < 1.29 is 28.6 Å². The fraction of sp³-hybridized carbons (Fsp3) is 0.385. The molecule has 1 aliphatic heterocycles. The quantitative estimate of drug-likeness (QED) is 0.400. The molecule has 0 unspecified atom stereocenters. The van der Waals surface area contributed by atoms with E-state index in [0.29, 0.717) is 4.88 Å². The number of aryl methyl sites for hydroxylation is 1. The first-order valence-corrected chi connectivity index (χ1v) is 11.9. The molecule has 8 heteroatoms. The zero-order valence-electron chi connectivity index (χ0n) is 18.8. The van der Waals surface area contributed by atoms with Crippen molar-refractivity contribution in [2.24, 2.45) is 5.92 Å². The molecule has 1 fully saturated rings. The average Bonchev–Trinajstić information content (AvgIpc) is 3.36. The highest BCUT2D eigenvalue weighted by Crippen LogP contribution is 2.34. The molecular formula is C26H27F2NO4S. The minimum atomic E-state index is -3.48. The molecule has 3 rings (SSSR count). The third kappa shape index (κ3) is 6.75. The maximum Gasteiger partial charge on any atom is 0.345 e. The van der Waals surface area contributed by atoms with Crippen LogP contribution >= 0.6 is 11.3 Å². The first kappa shape index (κ1) is 25.6. The van der Waals surface area contributed by atoms with Crippen molar-refractivity contribution in [2.45, 2.75) is 50.7 Å². The van der Waals surface area contributed by atoms with E-state index in [1.54, 1.807) is 0 Å². The predicted molar refractivity (Wildman–Crippen MR) is 127 cm³/mol. The van der Waals surface area contributed by atoms with Gasteiger partial charge in [0.05, 0.1) is 23.6 Å². The summed E-state index contributed by atoms with van der Waals surface area (Å²) >= 11 is 0.975. The summed E-state index contributed by atoms with van der Waals surface area (Å²) in [5.41, 5.74) is 1.23. The molecule has 0 saturated carbocycles. The Balaban J connectivity index is 1.57. The first-order valence-electron chi connectivity index (χ1n) is 11.1. The van der Waals surface area contributed by atoms with Gasteiger partial charge in [-0.1, -0.05) is 61.2 Å². The average molecular weight is 488 g/mol. The lowest BCUT2D eigenvalue weighted by molar-refractivity contribution is -0.147. The zero-order chi connectivity index (χ0) is 24.7. The minimum Gasteiger partial charge on any atom is -0.477 e. The molecule has 1 aromatic heterocycles. The number of carbonyl (C=O) groups excluding carboxylic acids is 1. The lowest BCUT2D eigenvalue weighted by atomic mass is 9.95. The van der Waals surface area contributed by atoms with Gasteiger partial charge in [0.2, 0.25) is 0 Å². The van der Waals surface area contributed by atoms with E-state index in [9.17, 15) is 23.5 Å². The maximum atomic E-state index is 14.1. The van der Waals surface area contributed by atoms with Gasteiger partial charge in [0, 0.05) is 6.42 Å². The molecule has 2 aromatic rings. The van der Waals surface area contributed by atoms with E-state index in [0.717, 1.165) is 35.5 Å². The van der Waals surface area contributed by atoms with Crippen molar-refractivity contribution in [1.82, 2.24) is 4.90 Å². The van der Waals surface area contributed by atoms with Gasteiger partial charge in [-0.25, -0.2) is 4.79 Å². The van der Waals surface area contributed by atoms with Gasteiger partial charge in [0.25, 0.3) is 5.91 Å². The summed E-state index contributed by atoms with van der Waals surface area (Å²) in [5, 5.41) is 19.4. The number of thiophene rings is 1. The summed E-state index contributed by atoms with van der Waals surface area (Å²) < 4.78 is 28.2. The SMILES string of the molecule is C[C@@H](CCCc1ccccc1)[C@H](O)C=C[C@H]1CC(F)(F)C(=O)N1CC#Cc1ccc(C(=O)O)s1. The van der Waals surface area contributed by atoms with Crippen LogP contribution in [-0.4, -0.2) is 51.6 Å². The molecule has 34 heavy (non-hydrogen) atoms. The van der Waals surface area contributed by atoms with Gasteiger partial charge in [-0.2, -0.15) is 8.78 Å². The van der Waals surface area contributed by atoms with Crippen molar-refractivity contribution in [2.75, 3.05) is 6.54 Å². The largest absolute Gasteiger partial charge is 0.477 e. The number of carbonyl (C=O) groups is 2. The van der Waals surface area contributed by atoms with Crippen LogP contribution < -0.4 is 0 Å². The lowest BCUT2D eigenvalue weighted by Gasteiger charge is -2.20. The first-order chi connectivity index (χ1) is 16.2. The number of likely N-dealkylation sites (tertiary alicyclic amines) is 1. The van der Waals surface area contributed by atoms with Crippen LogP contribution in [0.4, 0.5) is 8.78 Å². The molecule has 0 aliphatic carbocycles. The van der Waals surface area contributed by atoms with Gasteiger partial charge in [0.15, 0.2) is 0 Å². The highest BCUT2D eigenvalue weighted by molar-refractivity contribution is 7.14. The summed E-state index contributed by atoms with van der Waals surface area (Å²) in [6.07, 6.45) is 4.04. The molecule has 1 aromatic carbocycles. The number of rotatable bonds is 9. The lowest BCUT2D eigenvalue weighted by Crippen LogP contribution is -2.36. The number of aliphatic hydroxyl groups excluding tert-OH is 1. The Bertz CT molecular complexity index is 1090. The Morgan fingerprint density at radius 3 is 2.71 bits per heavy atom. The maximum absolute atomic E-state index is 14.1. The number of benzene rings is 1. The number of hydrogen-bond donors (Lipinski definition) is 2. The van der Waals surface area contributed by atoms with Crippen LogP contribution in [0.2, 0.25) is 0 Å². The highest BCUT2D eigenvalue weighted by Gasteiger charge is 2.52. The van der Waals surface area contributed by atoms with Crippen molar-refractivity contribution >= 4 is 23.2 Å². The van der Waals surface area contributed by atoms with Gasteiger partial charge in [-0.3, -0.25) is 4.79 Å². The number of aromatic carboxylic acids is 1. The molecule has 0 spiro atoms. The number of hydrogen-bond acceptors (Lipinski definition) is 4. The molecular weight excluding hydrogens is 460 g/mol. The van der Waals surface area contributed by atoms with E-state index in [4.69, 9.17) is 5.11 Å². The fourth-order valence-electron chi connectivity index (χ4n) is 3.79. The molecule has 2 N–H and O–H groups in total. The molecule has 5 nitrogen and oxygen atoms in total. The standard InChI is InChI=1S/C26H27F2NO4S/c1-18(7-5-10-19-8-3-2-4-9-19)22(30)14-12-20-17-26(27,28)25(33)29(20)16-6-11-21-13-15-23(34-21)24(31)32/h2-4,8-9,12-15,18,20,22,30H,5,7,10,16-17H2,1H3,(H,31,32)/t18-,20-,22+/m0/s1. The Hall–Kier alpha value is -3.02. The van der Waals surface area contributed by atoms with Gasteiger partial charge in [-0.15, -0.1) is 11.3 Å². The molecule has 2 heterocycles. The van der Waals surface area contributed by atoms with E-state index < -0.39 is 36.4 Å². The van der Waals surface area contributed by atoms with Crippen molar-refractivity contribution in [3.63, 3.8) is 0 Å². The van der Waals surface area contributed by atoms with Crippen molar-refractivity contribution in [3.05, 3.63) is 69.9 Å². The molecule has 3 atom stereocenters. The van der Waals surface area contributed by atoms with Gasteiger partial charge < -0.3 is 15.1 Å². The van der Waals surface area contributed by atoms with Crippen LogP contribution in [0.3, 0.4) is 0 Å². The molecule has 0 bridgehead atoms. The number of aliphatic hydroxyl groups is 1. The number of halogens is 2. The number of carboxylic acids is 1. The third-order valence-electron chi connectivity index (χ3n) is 5.80. The van der Waals surface area contributed by atoms with E-state index in [-0.39, 0.29) is 17.3 Å². The fourth-order valence-corrected chi connectivity index (χ4v) is 4.51. The van der Waals surface area contributed by atoms with Crippen LogP contribution in [0.1, 0.15) is 46.3 Å². The zero-order valence-corrected chi connectivity index (χ0v) is 19.6. The number of amides is 1. The third-order valence-corrected chi connectivity index (χ3v) is 6.79. The van der Waals surface area contributed by atoms with Crippen LogP contribution in [0.5, 0.6) is 0 Å². The van der Waals surface area contributed by atoms with E-state index in [2.05, 4.69) is 24.0 Å². The summed E-state index contributed by atoms with van der Waals surface area (Å²) in [4.78, 5) is 24.7. The van der Waals surface area contributed by atoms with E-state index >= 15 is 0 Å².